The van der Waals surface area contributed by atoms with Crippen LogP contribution >= 0.6 is 0 Å². The van der Waals surface area contributed by atoms with Crippen molar-refractivity contribution in [1.29, 1.82) is 0 Å². The maximum Gasteiger partial charge on any atom is 0.333 e. The molecule has 2 nitrogen and oxygen atoms in total. The number of rotatable bonds is 5. The van der Waals surface area contributed by atoms with Crippen molar-refractivity contribution in [2.75, 3.05) is 6.61 Å². The molecule has 1 rings (SSSR count). The predicted octanol–water partition coefficient (Wildman–Crippen LogP) is 3.69. The van der Waals surface area contributed by atoms with E-state index < -0.39 is 0 Å². The van der Waals surface area contributed by atoms with Crippen LogP contribution < -0.4 is 0 Å². The topological polar surface area (TPSA) is 26.3 Å². The molecule has 92 valence electrons. The Labute approximate surface area is 103 Å². The number of esters is 1. The zero-order valence-electron chi connectivity index (χ0n) is 10.8. The highest BCUT2D eigenvalue weighted by atomic mass is 16.5. The predicted molar refractivity (Wildman–Crippen MR) is 69.9 cm³/mol. The van der Waals surface area contributed by atoms with Crippen LogP contribution in [0.25, 0.3) is 0 Å². The van der Waals surface area contributed by atoms with E-state index in [0.717, 1.165) is 6.42 Å². The molecule has 0 spiro atoms. The van der Waals surface area contributed by atoms with E-state index >= 15 is 0 Å². The van der Waals surface area contributed by atoms with Crippen LogP contribution in [-0.2, 0) is 9.53 Å². The van der Waals surface area contributed by atoms with Crippen LogP contribution in [-0.4, -0.2) is 12.6 Å². The van der Waals surface area contributed by atoms with Gasteiger partial charge in [-0.2, -0.15) is 0 Å². The Morgan fingerprint density at radius 3 is 2.59 bits per heavy atom. The first-order valence-electron chi connectivity index (χ1n) is 6.04. The largest absolute Gasteiger partial charge is 0.463 e. The first-order chi connectivity index (χ1) is 8.15. The highest BCUT2D eigenvalue weighted by Crippen LogP contribution is 2.19. The normalized spacial score (nSPS) is 13.2. The summed E-state index contributed by atoms with van der Waals surface area (Å²) in [4.78, 5) is 11.4. The summed E-state index contributed by atoms with van der Waals surface area (Å²) in [6, 6.07) is 10.3. The minimum Gasteiger partial charge on any atom is -0.463 e. The lowest BCUT2D eigenvalue weighted by molar-refractivity contribution is -0.138. The third kappa shape index (κ3) is 4.43. The van der Waals surface area contributed by atoms with Gasteiger partial charge in [-0.25, -0.2) is 4.79 Å². The van der Waals surface area contributed by atoms with E-state index in [0.29, 0.717) is 18.1 Å². The minimum atomic E-state index is -0.215. The van der Waals surface area contributed by atoms with Crippen LogP contribution in [0.2, 0.25) is 0 Å². The summed E-state index contributed by atoms with van der Waals surface area (Å²) in [5.74, 6) is 0.202. The molecular formula is C15H20O2. The van der Waals surface area contributed by atoms with Crippen LogP contribution in [0.5, 0.6) is 0 Å². The minimum absolute atomic E-state index is 0.215. The van der Waals surface area contributed by atoms with Gasteiger partial charge >= 0.3 is 5.97 Å². The number of hydrogen-bond donors (Lipinski definition) is 0. The average Bonchev–Trinajstić information content (AvgIpc) is 2.36. The van der Waals surface area contributed by atoms with Crippen molar-refractivity contribution in [2.45, 2.75) is 33.1 Å². The van der Waals surface area contributed by atoms with E-state index in [1.165, 1.54) is 5.56 Å². The molecule has 0 amide bonds. The Balaban J connectivity index is 2.55. The summed E-state index contributed by atoms with van der Waals surface area (Å²) in [5.41, 5.74) is 1.98. The van der Waals surface area contributed by atoms with Crippen molar-refractivity contribution in [2.24, 2.45) is 0 Å². The van der Waals surface area contributed by atoms with Gasteiger partial charge in [0, 0.05) is 5.57 Å². The summed E-state index contributed by atoms with van der Waals surface area (Å²) >= 11 is 0. The SMILES string of the molecule is CCOC(=O)/C(C)=C/CC(C)c1ccccc1. The molecule has 0 saturated carbocycles. The molecule has 0 heterocycles. The first kappa shape index (κ1) is 13.5. The fourth-order valence-electron chi connectivity index (χ4n) is 1.60. The summed E-state index contributed by atoms with van der Waals surface area (Å²) in [6.45, 7) is 6.20. The number of hydrogen-bond acceptors (Lipinski definition) is 2. The van der Waals surface area contributed by atoms with Crippen molar-refractivity contribution in [3.63, 3.8) is 0 Å². The lowest BCUT2D eigenvalue weighted by atomic mass is 9.97. The average molecular weight is 232 g/mol. The monoisotopic (exact) mass is 232 g/mol. The Bertz CT molecular complexity index is 379. The first-order valence-corrected chi connectivity index (χ1v) is 6.04. The van der Waals surface area contributed by atoms with E-state index in [1.807, 2.05) is 31.2 Å². The lowest BCUT2D eigenvalue weighted by Crippen LogP contribution is -2.05. The quantitative estimate of drug-likeness (QED) is 0.571. The number of allylic oxidation sites excluding steroid dienone is 1. The number of benzene rings is 1. The van der Waals surface area contributed by atoms with Gasteiger partial charge in [0.2, 0.25) is 0 Å². The van der Waals surface area contributed by atoms with Gasteiger partial charge in [-0.15, -0.1) is 0 Å². The third-order valence-corrected chi connectivity index (χ3v) is 2.74. The van der Waals surface area contributed by atoms with Crippen molar-refractivity contribution < 1.29 is 9.53 Å². The summed E-state index contributed by atoms with van der Waals surface area (Å²) in [6.07, 6.45) is 2.81. The highest BCUT2D eigenvalue weighted by Gasteiger charge is 2.06. The Hall–Kier alpha value is -1.57. The van der Waals surface area contributed by atoms with Crippen LogP contribution in [0.4, 0.5) is 0 Å². The van der Waals surface area contributed by atoms with Crippen molar-refractivity contribution in [1.82, 2.24) is 0 Å². The Morgan fingerprint density at radius 2 is 2.00 bits per heavy atom. The second kappa shape index (κ2) is 6.89. The molecule has 0 aliphatic carbocycles. The fraction of sp³-hybridized carbons (Fsp3) is 0.400. The van der Waals surface area contributed by atoms with Gasteiger partial charge in [0.05, 0.1) is 6.61 Å². The van der Waals surface area contributed by atoms with Crippen LogP contribution in [0.1, 0.15) is 38.7 Å². The molecule has 0 aromatic heterocycles. The molecule has 0 N–H and O–H groups in total. The molecule has 0 fully saturated rings. The smallest absolute Gasteiger partial charge is 0.333 e. The maximum absolute atomic E-state index is 11.4. The zero-order valence-corrected chi connectivity index (χ0v) is 10.8. The lowest BCUT2D eigenvalue weighted by Gasteiger charge is -2.09. The van der Waals surface area contributed by atoms with E-state index in [2.05, 4.69) is 19.1 Å². The van der Waals surface area contributed by atoms with E-state index in [-0.39, 0.29) is 5.97 Å². The molecule has 17 heavy (non-hydrogen) atoms. The Morgan fingerprint density at radius 1 is 1.35 bits per heavy atom. The van der Waals surface area contributed by atoms with Crippen LogP contribution in [0.15, 0.2) is 42.0 Å². The van der Waals surface area contributed by atoms with Gasteiger partial charge in [0.15, 0.2) is 0 Å². The molecule has 1 unspecified atom stereocenters. The number of carbonyl (C=O) groups is 1. The van der Waals surface area contributed by atoms with E-state index in [1.54, 1.807) is 6.92 Å². The molecule has 0 radical (unpaired) electrons. The van der Waals surface area contributed by atoms with Crippen LogP contribution in [0.3, 0.4) is 0 Å². The molecule has 0 bridgehead atoms. The third-order valence-electron chi connectivity index (χ3n) is 2.74. The van der Waals surface area contributed by atoms with E-state index in [9.17, 15) is 4.79 Å². The fourth-order valence-corrected chi connectivity index (χ4v) is 1.60. The molecule has 0 aliphatic heterocycles. The van der Waals surface area contributed by atoms with Crippen molar-refractivity contribution in [3.05, 3.63) is 47.5 Å². The molecular weight excluding hydrogens is 212 g/mol. The molecule has 0 saturated heterocycles. The van der Waals surface area contributed by atoms with Gasteiger partial charge in [-0.1, -0.05) is 43.3 Å². The molecule has 1 atom stereocenters. The standard InChI is InChI=1S/C15H20O2/c1-4-17-15(16)13(3)11-10-12(2)14-8-6-5-7-9-14/h5-9,11-12H,4,10H2,1-3H3/b13-11+. The second-order valence-corrected chi connectivity index (χ2v) is 4.16. The maximum atomic E-state index is 11.4. The number of ether oxygens (including phenoxy) is 1. The molecule has 2 heteroatoms. The van der Waals surface area contributed by atoms with Crippen LogP contribution in [0, 0.1) is 0 Å². The molecule has 1 aromatic carbocycles. The van der Waals surface area contributed by atoms with Gasteiger partial charge in [0.25, 0.3) is 0 Å². The summed E-state index contributed by atoms with van der Waals surface area (Å²) in [5, 5.41) is 0. The van der Waals surface area contributed by atoms with Crippen molar-refractivity contribution >= 4 is 5.97 Å². The summed E-state index contributed by atoms with van der Waals surface area (Å²) in [7, 11) is 0. The van der Waals surface area contributed by atoms with Gasteiger partial charge in [-0.05, 0) is 31.7 Å². The van der Waals surface area contributed by atoms with Gasteiger partial charge in [-0.3, -0.25) is 0 Å². The molecule has 0 aliphatic rings. The van der Waals surface area contributed by atoms with Gasteiger partial charge in [0.1, 0.15) is 0 Å². The second-order valence-electron chi connectivity index (χ2n) is 4.16. The molecule has 1 aromatic rings. The van der Waals surface area contributed by atoms with Gasteiger partial charge < -0.3 is 4.74 Å². The zero-order chi connectivity index (χ0) is 12.7. The number of carbonyl (C=O) groups excluding carboxylic acids is 1. The van der Waals surface area contributed by atoms with E-state index in [4.69, 9.17) is 4.74 Å². The Kier molecular flexibility index (Phi) is 5.47. The summed E-state index contributed by atoms with van der Waals surface area (Å²) < 4.78 is 4.93. The van der Waals surface area contributed by atoms with Crippen molar-refractivity contribution in [3.8, 4) is 0 Å². The highest BCUT2D eigenvalue weighted by molar-refractivity contribution is 5.87.